The number of carbonyl (C=O) groups is 2. The summed E-state index contributed by atoms with van der Waals surface area (Å²) in [5.74, 6) is 0.803. The first-order chi connectivity index (χ1) is 14.6. The zero-order valence-corrected chi connectivity index (χ0v) is 17.8. The van der Waals surface area contributed by atoms with E-state index in [1.807, 2.05) is 18.3 Å². The van der Waals surface area contributed by atoms with Crippen LogP contribution in [0.4, 0.5) is 11.5 Å². The molecule has 0 atom stereocenters. The summed E-state index contributed by atoms with van der Waals surface area (Å²) in [6.45, 7) is 3.10. The van der Waals surface area contributed by atoms with Crippen molar-refractivity contribution in [3.63, 3.8) is 0 Å². The van der Waals surface area contributed by atoms with Gasteiger partial charge in [0.05, 0.1) is 11.3 Å². The Morgan fingerprint density at radius 1 is 1.03 bits per heavy atom. The van der Waals surface area contributed by atoms with Gasteiger partial charge in [-0.05, 0) is 49.1 Å². The lowest BCUT2D eigenvalue weighted by atomic mass is 10.1. The Labute approximate surface area is 182 Å². The van der Waals surface area contributed by atoms with Crippen LogP contribution in [0.15, 0.2) is 36.5 Å². The predicted octanol–water partition coefficient (Wildman–Crippen LogP) is 4.17. The first-order valence-electron chi connectivity index (χ1n) is 10.7. The summed E-state index contributed by atoms with van der Waals surface area (Å²) in [5.41, 5.74) is 1.98. The molecule has 1 aromatic carbocycles. The molecule has 158 valence electrons. The molecular formula is C23H27ClN4O2. The molecule has 0 bridgehead atoms. The van der Waals surface area contributed by atoms with Crippen molar-refractivity contribution in [2.45, 2.75) is 45.1 Å². The highest BCUT2D eigenvalue weighted by Gasteiger charge is 2.26. The number of benzene rings is 1. The largest absolute Gasteiger partial charge is 0.357 e. The van der Waals surface area contributed by atoms with E-state index in [9.17, 15) is 9.59 Å². The summed E-state index contributed by atoms with van der Waals surface area (Å²) in [5, 5.41) is 3.46. The maximum absolute atomic E-state index is 12.8. The first-order valence-corrected chi connectivity index (χ1v) is 11.1. The number of rotatable bonds is 5. The van der Waals surface area contributed by atoms with Crippen LogP contribution in [-0.4, -0.2) is 36.4 Å². The van der Waals surface area contributed by atoms with E-state index in [1.54, 1.807) is 23.1 Å². The monoisotopic (exact) mass is 426 g/mol. The zero-order valence-electron chi connectivity index (χ0n) is 17.1. The Morgan fingerprint density at radius 2 is 1.83 bits per heavy atom. The minimum absolute atomic E-state index is 0.0274. The highest BCUT2D eigenvalue weighted by Crippen LogP contribution is 2.28. The second-order valence-electron chi connectivity index (χ2n) is 7.92. The second-order valence-corrected chi connectivity index (χ2v) is 8.36. The Balaban J connectivity index is 1.42. The van der Waals surface area contributed by atoms with Gasteiger partial charge in [0, 0.05) is 43.8 Å². The van der Waals surface area contributed by atoms with E-state index in [0.29, 0.717) is 35.8 Å². The average molecular weight is 427 g/mol. The van der Waals surface area contributed by atoms with Crippen molar-refractivity contribution in [1.82, 2.24) is 10.3 Å². The molecule has 2 saturated heterocycles. The minimum Gasteiger partial charge on any atom is -0.357 e. The molecule has 6 nitrogen and oxygen atoms in total. The Hall–Kier alpha value is -2.60. The van der Waals surface area contributed by atoms with Gasteiger partial charge < -0.3 is 15.1 Å². The summed E-state index contributed by atoms with van der Waals surface area (Å²) in [6.07, 6.45) is 8.12. The third-order valence-electron chi connectivity index (χ3n) is 5.76. The van der Waals surface area contributed by atoms with Gasteiger partial charge in [-0.25, -0.2) is 4.98 Å². The topological polar surface area (TPSA) is 65.5 Å². The van der Waals surface area contributed by atoms with Crippen LogP contribution in [0, 0.1) is 0 Å². The Morgan fingerprint density at radius 3 is 2.50 bits per heavy atom. The number of nitrogens with one attached hydrogen (secondary N) is 1. The summed E-state index contributed by atoms with van der Waals surface area (Å²) < 4.78 is 0. The van der Waals surface area contributed by atoms with Gasteiger partial charge in [-0.1, -0.05) is 30.5 Å². The summed E-state index contributed by atoms with van der Waals surface area (Å²) >= 11 is 6.13. The second kappa shape index (κ2) is 9.47. The van der Waals surface area contributed by atoms with Crippen LogP contribution in [0.25, 0.3) is 0 Å². The number of pyridine rings is 1. The molecule has 2 aliphatic rings. The Kier molecular flexibility index (Phi) is 6.53. The third kappa shape index (κ3) is 4.75. The fourth-order valence-electron chi connectivity index (χ4n) is 4.11. The van der Waals surface area contributed by atoms with Crippen molar-refractivity contribution in [3.05, 3.63) is 52.7 Å². The maximum Gasteiger partial charge on any atom is 0.253 e. The normalized spacial score (nSPS) is 17.2. The molecule has 7 heteroatoms. The molecule has 0 saturated carbocycles. The lowest BCUT2D eigenvalue weighted by molar-refractivity contribution is -0.117. The van der Waals surface area contributed by atoms with E-state index >= 15 is 0 Å². The number of hydrogen-bond acceptors (Lipinski definition) is 4. The Bertz CT molecular complexity index is 908. The van der Waals surface area contributed by atoms with Crippen LogP contribution in [0.5, 0.6) is 0 Å². The van der Waals surface area contributed by atoms with Crippen molar-refractivity contribution in [1.29, 1.82) is 0 Å². The van der Waals surface area contributed by atoms with Gasteiger partial charge in [0.25, 0.3) is 5.91 Å². The summed E-state index contributed by atoms with van der Waals surface area (Å²) in [4.78, 5) is 33.6. The number of halogens is 1. The maximum atomic E-state index is 12.8. The van der Waals surface area contributed by atoms with Crippen molar-refractivity contribution < 1.29 is 9.59 Å². The molecule has 2 aromatic rings. The zero-order chi connectivity index (χ0) is 20.9. The number of anilines is 2. The molecule has 3 heterocycles. The fraction of sp³-hybridized carbons (Fsp3) is 0.435. The third-order valence-corrected chi connectivity index (χ3v) is 6.00. The van der Waals surface area contributed by atoms with Crippen LogP contribution in [-0.2, 0) is 11.3 Å². The van der Waals surface area contributed by atoms with Gasteiger partial charge in [0.1, 0.15) is 5.82 Å². The summed E-state index contributed by atoms with van der Waals surface area (Å²) in [6, 6.07) is 9.10. The minimum atomic E-state index is -0.224. The van der Waals surface area contributed by atoms with E-state index in [4.69, 9.17) is 11.6 Å². The molecule has 4 rings (SSSR count). The number of aromatic nitrogens is 1. The van der Waals surface area contributed by atoms with Gasteiger partial charge in [0.15, 0.2) is 0 Å². The van der Waals surface area contributed by atoms with Gasteiger partial charge in [0.2, 0.25) is 5.91 Å². The summed E-state index contributed by atoms with van der Waals surface area (Å²) in [7, 11) is 0. The van der Waals surface area contributed by atoms with Gasteiger partial charge in [-0.2, -0.15) is 0 Å². The van der Waals surface area contributed by atoms with Gasteiger partial charge in [-0.3, -0.25) is 9.59 Å². The van der Waals surface area contributed by atoms with E-state index in [2.05, 4.69) is 15.2 Å². The molecule has 0 radical (unpaired) electrons. The van der Waals surface area contributed by atoms with Gasteiger partial charge in [-0.15, -0.1) is 0 Å². The molecule has 2 fully saturated rings. The molecule has 1 aromatic heterocycles. The average Bonchev–Trinajstić information content (AvgIpc) is 3.00. The molecule has 0 unspecified atom stereocenters. The molecule has 2 aliphatic heterocycles. The molecule has 0 aliphatic carbocycles. The standard InChI is InChI=1S/C23H27ClN4O2/c24-18-8-9-19(20(14-18)28-13-5-6-22(28)29)23(30)26-16-17-7-10-21(25-15-17)27-11-3-1-2-4-12-27/h7-10,14-15H,1-6,11-13,16H2,(H,26,30). The van der Waals surface area contributed by atoms with Crippen LogP contribution in [0.1, 0.15) is 54.4 Å². The van der Waals surface area contributed by atoms with Crippen molar-refractivity contribution in [2.75, 3.05) is 29.4 Å². The van der Waals surface area contributed by atoms with Crippen LogP contribution in [0.3, 0.4) is 0 Å². The number of nitrogens with zero attached hydrogens (tertiary/aromatic N) is 3. The van der Waals surface area contributed by atoms with Crippen LogP contribution in [0.2, 0.25) is 5.02 Å². The highest BCUT2D eigenvalue weighted by atomic mass is 35.5. The molecular weight excluding hydrogens is 400 g/mol. The van der Waals surface area contributed by atoms with Crippen molar-refractivity contribution >= 4 is 34.9 Å². The van der Waals surface area contributed by atoms with Crippen molar-refractivity contribution in [3.8, 4) is 0 Å². The quantitative estimate of drug-likeness (QED) is 0.779. The van der Waals surface area contributed by atoms with E-state index in [-0.39, 0.29) is 11.8 Å². The van der Waals surface area contributed by atoms with Crippen molar-refractivity contribution in [2.24, 2.45) is 0 Å². The lowest BCUT2D eigenvalue weighted by Crippen LogP contribution is -2.29. The highest BCUT2D eigenvalue weighted by molar-refractivity contribution is 6.31. The SMILES string of the molecule is O=C(NCc1ccc(N2CCCCCC2)nc1)c1ccc(Cl)cc1N1CCCC1=O. The smallest absolute Gasteiger partial charge is 0.253 e. The molecule has 1 N–H and O–H groups in total. The number of carbonyl (C=O) groups excluding carboxylic acids is 2. The lowest BCUT2D eigenvalue weighted by Gasteiger charge is -2.21. The van der Waals surface area contributed by atoms with E-state index in [0.717, 1.165) is 30.9 Å². The van der Waals surface area contributed by atoms with E-state index < -0.39 is 0 Å². The van der Waals surface area contributed by atoms with E-state index in [1.165, 1.54) is 25.7 Å². The van der Waals surface area contributed by atoms with Crippen LogP contribution >= 0.6 is 11.6 Å². The number of amides is 2. The first kappa shape index (κ1) is 20.7. The van der Waals surface area contributed by atoms with Gasteiger partial charge >= 0.3 is 0 Å². The predicted molar refractivity (Wildman–Crippen MR) is 119 cm³/mol. The molecule has 30 heavy (non-hydrogen) atoms. The molecule has 2 amide bonds. The van der Waals surface area contributed by atoms with Crippen LogP contribution < -0.4 is 15.1 Å². The number of hydrogen-bond donors (Lipinski definition) is 1. The fourth-order valence-corrected chi connectivity index (χ4v) is 4.27. The molecule has 0 spiro atoms.